The summed E-state index contributed by atoms with van der Waals surface area (Å²) >= 11 is 0. The Morgan fingerprint density at radius 2 is 1.78 bits per heavy atom. The molecule has 0 N–H and O–H groups in total. The standard InChI is InChI=1S/C16H27NO/c1-3-13-17(4-2)14-9-6-10-15-18-16-11-7-5-8-12-16/h5,7-8,11-12H,3-4,6,9-10,13-15H2,1-2H3/p+1. The van der Waals surface area contributed by atoms with Crippen molar-refractivity contribution in [2.75, 3.05) is 26.2 Å². The summed E-state index contributed by atoms with van der Waals surface area (Å²) in [5, 5.41) is 0. The number of hydrogen-bond acceptors (Lipinski definition) is 2. The van der Waals surface area contributed by atoms with Gasteiger partial charge < -0.3 is 9.64 Å². The Labute approximate surface area is 113 Å². The van der Waals surface area contributed by atoms with Gasteiger partial charge in [0.15, 0.2) is 0 Å². The van der Waals surface area contributed by atoms with Gasteiger partial charge in [-0.25, -0.2) is 0 Å². The van der Waals surface area contributed by atoms with Crippen LogP contribution in [0.2, 0.25) is 0 Å². The average molecular weight is 250 g/mol. The summed E-state index contributed by atoms with van der Waals surface area (Å²) in [5.74, 6) is 0.985. The Bertz CT molecular complexity index is 292. The normalized spacial score (nSPS) is 10.8. The minimum absolute atomic E-state index is 0. The molecule has 0 spiro atoms. The summed E-state index contributed by atoms with van der Waals surface area (Å²) < 4.78 is 5.67. The number of hydrogen-bond donors (Lipinski definition) is 0. The van der Waals surface area contributed by atoms with Crippen LogP contribution in [-0.2, 0) is 0 Å². The van der Waals surface area contributed by atoms with Crippen LogP contribution in [0.3, 0.4) is 0 Å². The van der Waals surface area contributed by atoms with Crippen LogP contribution in [0.4, 0.5) is 0 Å². The van der Waals surface area contributed by atoms with Crippen molar-refractivity contribution in [3.05, 3.63) is 30.3 Å². The lowest BCUT2D eigenvalue weighted by Gasteiger charge is -2.19. The monoisotopic (exact) mass is 250 g/mol. The fourth-order valence-electron chi connectivity index (χ4n) is 2.07. The highest BCUT2D eigenvalue weighted by Crippen LogP contribution is 2.09. The van der Waals surface area contributed by atoms with Crippen LogP contribution in [0.1, 0.15) is 41.0 Å². The van der Waals surface area contributed by atoms with Crippen LogP contribution < -0.4 is 4.74 Å². The van der Waals surface area contributed by atoms with Crippen LogP contribution in [0, 0.1) is 0 Å². The van der Waals surface area contributed by atoms with Crippen LogP contribution in [0.15, 0.2) is 30.3 Å². The van der Waals surface area contributed by atoms with Gasteiger partial charge in [-0.15, -0.1) is 0 Å². The maximum absolute atomic E-state index is 5.67. The van der Waals surface area contributed by atoms with E-state index in [0.29, 0.717) is 0 Å². The third-order valence-electron chi connectivity index (χ3n) is 3.12. The smallest absolute Gasteiger partial charge is 0.494 e. The van der Waals surface area contributed by atoms with Crippen molar-refractivity contribution < 1.29 is 6.16 Å². The van der Waals surface area contributed by atoms with Crippen LogP contribution in [-0.4, -0.2) is 31.1 Å². The van der Waals surface area contributed by atoms with E-state index >= 15 is 0 Å². The first-order chi connectivity index (χ1) is 8.86. The van der Waals surface area contributed by atoms with E-state index in [-0.39, 0.29) is 1.43 Å². The summed E-state index contributed by atoms with van der Waals surface area (Å²) in [6.07, 6.45) is 4.95. The van der Waals surface area contributed by atoms with Gasteiger partial charge in [-0.3, -0.25) is 0 Å². The van der Waals surface area contributed by atoms with E-state index in [9.17, 15) is 0 Å². The molecule has 2 heteroatoms. The molecule has 1 rings (SSSR count). The van der Waals surface area contributed by atoms with Crippen molar-refractivity contribution in [2.24, 2.45) is 0 Å². The molecule has 2 nitrogen and oxygen atoms in total. The predicted octanol–water partition coefficient (Wildman–Crippen LogP) is 4.08. The molecule has 0 aliphatic carbocycles. The molecule has 0 fully saturated rings. The maximum atomic E-state index is 5.67. The Balaban J connectivity index is 0.00000324. The highest BCUT2D eigenvalue weighted by molar-refractivity contribution is 5.20. The quantitative estimate of drug-likeness (QED) is 0.580. The molecule has 0 heterocycles. The van der Waals surface area contributed by atoms with Gasteiger partial charge in [0.1, 0.15) is 5.75 Å². The third kappa shape index (κ3) is 6.65. The molecule has 0 bridgehead atoms. The van der Waals surface area contributed by atoms with Crippen molar-refractivity contribution in [3.63, 3.8) is 0 Å². The SMILES string of the molecule is CCCN(CC)CCCCCOc1ccccc1.[H+]. The zero-order chi connectivity index (χ0) is 13.1. The lowest BCUT2D eigenvalue weighted by atomic mass is 10.2. The van der Waals surface area contributed by atoms with E-state index in [1.54, 1.807) is 0 Å². The fourth-order valence-corrected chi connectivity index (χ4v) is 2.07. The molecule has 0 radical (unpaired) electrons. The van der Waals surface area contributed by atoms with Crippen LogP contribution in [0.25, 0.3) is 0 Å². The zero-order valence-electron chi connectivity index (χ0n) is 12.9. The Morgan fingerprint density at radius 1 is 1.00 bits per heavy atom. The summed E-state index contributed by atoms with van der Waals surface area (Å²) in [7, 11) is 0. The molecule has 1 aromatic carbocycles. The van der Waals surface area contributed by atoms with Gasteiger partial charge in [0.25, 0.3) is 0 Å². The maximum Gasteiger partial charge on any atom is 1.00 e. The highest BCUT2D eigenvalue weighted by Gasteiger charge is 2.00. The van der Waals surface area contributed by atoms with Gasteiger partial charge in [-0.05, 0) is 57.5 Å². The largest absolute Gasteiger partial charge is 1.00 e. The molecule has 0 aliphatic rings. The summed E-state index contributed by atoms with van der Waals surface area (Å²) in [4.78, 5) is 2.53. The van der Waals surface area contributed by atoms with Gasteiger partial charge in [0.05, 0.1) is 6.61 Å². The van der Waals surface area contributed by atoms with Gasteiger partial charge in [0, 0.05) is 0 Å². The number of benzene rings is 1. The first-order valence-corrected chi connectivity index (χ1v) is 7.27. The van der Waals surface area contributed by atoms with E-state index in [4.69, 9.17) is 4.74 Å². The van der Waals surface area contributed by atoms with Crippen molar-refractivity contribution >= 4 is 0 Å². The van der Waals surface area contributed by atoms with E-state index in [1.807, 2.05) is 30.3 Å². The van der Waals surface area contributed by atoms with Crippen molar-refractivity contribution in [1.29, 1.82) is 0 Å². The number of ether oxygens (including phenoxy) is 1. The zero-order valence-corrected chi connectivity index (χ0v) is 11.9. The van der Waals surface area contributed by atoms with E-state index in [2.05, 4.69) is 18.7 Å². The Kier molecular flexibility index (Phi) is 8.32. The molecule has 0 aromatic heterocycles. The lowest BCUT2D eigenvalue weighted by molar-refractivity contribution is 0.268. The van der Waals surface area contributed by atoms with E-state index in [0.717, 1.165) is 18.8 Å². The molecule has 0 aliphatic heterocycles. The molecule has 0 amide bonds. The topological polar surface area (TPSA) is 12.5 Å². The van der Waals surface area contributed by atoms with Crippen LogP contribution >= 0.6 is 0 Å². The summed E-state index contributed by atoms with van der Waals surface area (Å²) in [6, 6.07) is 10.1. The fraction of sp³-hybridized carbons (Fsp3) is 0.625. The number of para-hydroxylation sites is 1. The number of unbranched alkanes of at least 4 members (excludes halogenated alkanes) is 2. The molecular weight excluding hydrogens is 222 g/mol. The second-order valence-corrected chi connectivity index (χ2v) is 4.66. The summed E-state index contributed by atoms with van der Waals surface area (Å²) in [6.45, 7) is 8.97. The van der Waals surface area contributed by atoms with Crippen molar-refractivity contribution in [1.82, 2.24) is 4.90 Å². The van der Waals surface area contributed by atoms with Gasteiger partial charge in [-0.1, -0.05) is 32.0 Å². The Morgan fingerprint density at radius 3 is 2.44 bits per heavy atom. The minimum atomic E-state index is 0. The molecule has 1 aromatic rings. The third-order valence-corrected chi connectivity index (χ3v) is 3.12. The predicted molar refractivity (Wildman–Crippen MR) is 79.3 cm³/mol. The first-order valence-electron chi connectivity index (χ1n) is 7.27. The molecule has 0 saturated carbocycles. The molecule has 102 valence electrons. The van der Waals surface area contributed by atoms with Crippen molar-refractivity contribution in [3.8, 4) is 5.75 Å². The van der Waals surface area contributed by atoms with E-state index < -0.39 is 0 Å². The van der Waals surface area contributed by atoms with Crippen molar-refractivity contribution in [2.45, 2.75) is 39.5 Å². The molecule has 0 atom stereocenters. The Hall–Kier alpha value is -1.02. The van der Waals surface area contributed by atoms with Gasteiger partial charge >= 0.3 is 1.43 Å². The highest BCUT2D eigenvalue weighted by atomic mass is 16.5. The summed E-state index contributed by atoms with van der Waals surface area (Å²) in [5.41, 5.74) is 0. The van der Waals surface area contributed by atoms with E-state index in [1.165, 1.54) is 38.9 Å². The second-order valence-electron chi connectivity index (χ2n) is 4.66. The first kappa shape index (κ1) is 15.0. The van der Waals surface area contributed by atoms with Crippen LogP contribution in [0.5, 0.6) is 5.75 Å². The molecule has 0 saturated heterocycles. The average Bonchev–Trinajstić information content (AvgIpc) is 2.42. The second kappa shape index (κ2) is 9.95. The van der Waals surface area contributed by atoms with Gasteiger partial charge in [-0.2, -0.15) is 0 Å². The molecule has 0 unspecified atom stereocenters. The molecule has 18 heavy (non-hydrogen) atoms. The molecular formula is C16H28NO+. The lowest BCUT2D eigenvalue weighted by Crippen LogP contribution is -2.25. The number of rotatable bonds is 10. The number of nitrogens with zero attached hydrogens (tertiary/aromatic N) is 1. The minimum Gasteiger partial charge on any atom is -0.494 e. The van der Waals surface area contributed by atoms with Gasteiger partial charge in [0.2, 0.25) is 0 Å².